The molecule has 1 aromatic rings. The topological polar surface area (TPSA) is 75.6 Å². The first-order valence-corrected chi connectivity index (χ1v) is 3.93. The van der Waals surface area contributed by atoms with Crippen LogP contribution >= 0.6 is 11.6 Å². The molecule has 66 valence electrons. The fraction of sp³-hybridized carbons (Fsp3) is 0.125. The Kier molecular flexibility index (Phi) is 3.23. The summed E-state index contributed by atoms with van der Waals surface area (Å²) in [4.78, 5) is 7.73. The molecule has 0 aromatic carbocycles. The number of nitrogen functional groups attached to an aromatic ring is 1. The lowest BCUT2D eigenvalue weighted by Crippen LogP contribution is -1.94. The molecule has 1 aromatic heterocycles. The zero-order valence-corrected chi connectivity index (χ0v) is 7.49. The van der Waals surface area contributed by atoms with Gasteiger partial charge in [-0.1, -0.05) is 17.7 Å². The first-order chi connectivity index (χ1) is 6.24. The van der Waals surface area contributed by atoms with E-state index in [4.69, 9.17) is 22.6 Å². The standard InChI is InChI=1S/C8H7ClN4/c9-7-8(11)12-5-6(13-7)3-1-2-4-10/h1,3,5H,2H2,(H2,11,12). The highest BCUT2D eigenvalue weighted by molar-refractivity contribution is 6.31. The average molecular weight is 195 g/mol. The maximum absolute atomic E-state index is 8.26. The SMILES string of the molecule is N#CCC=Cc1cnc(N)c(Cl)n1. The van der Waals surface area contributed by atoms with Gasteiger partial charge in [0.2, 0.25) is 0 Å². The summed E-state index contributed by atoms with van der Waals surface area (Å²) in [6.45, 7) is 0. The number of nitrogens with zero attached hydrogens (tertiary/aromatic N) is 3. The third-order valence-corrected chi connectivity index (χ3v) is 1.55. The molecule has 0 fully saturated rings. The van der Waals surface area contributed by atoms with Crippen molar-refractivity contribution in [1.82, 2.24) is 9.97 Å². The van der Waals surface area contributed by atoms with Crippen LogP contribution in [0.25, 0.3) is 6.08 Å². The first-order valence-electron chi connectivity index (χ1n) is 3.55. The van der Waals surface area contributed by atoms with E-state index in [1.165, 1.54) is 6.20 Å². The minimum absolute atomic E-state index is 0.180. The van der Waals surface area contributed by atoms with Gasteiger partial charge in [-0.3, -0.25) is 0 Å². The van der Waals surface area contributed by atoms with Gasteiger partial charge in [-0.15, -0.1) is 0 Å². The molecule has 0 atom stereocenters. The Balaban J connectivity index is 2.81. The van der Waals surface area contributed by atoms with Gasteiger partial charge in [0.1, 0.15) is 0 Å². The molecule has 0 aliphatic carbocycles. The largest absolute Gasteiger partial charge is 0.381 e. The van der Waals surface area contributed by atoms with Crippen molar-refractivity contribution in [2.24, 2.45) is 0 Å². The van der Waals surface area contributed by atoms with Crippen LogP contribution in [0.4, 0.5) is 5.82 Å². The third-order valence-electron chi connectivity index (χ3n) is 1.27. The summed E-state index contributed by atoms with van der Waals surface area (Å²) in [5.41, 5.74) is 5.95. The maximum Gasteiger partial charge on any atom is 0.171 e. The van der Waals surface area contributed by atoms with Crippen molar-refractivity contribution in [3.63, 3.8) is 0 Å². The van der Waals surface area contributed by atoms with Crippen LogP contribution in [0.2, 0.25) is 5.15 Å². The van der Waals surface area contributed by atoms with Crippen LogP contribution in [0.15, 0.2) is 12.3 Å². The number of aromatic nitrogens is 2. The number of anilines is 1. The number of hydrogen-bond acceptors (Lipinski definition) is 4. The fourth-order valence-electron chi connectivity index (χ4n) is 0.701. The van der Waals surface area contributed by atoms with Gasteiger partial charge in [0.15, 0.2) is 11.0 Å². The molecular weight excluding hydrogens is 188 g/mol. The molecule has 1 heterocycles. The third kappa shape index (κ3) is 2.73. The van der Waals surface area contributed by atoms with E-state index in [1.807, 2.05) is 6.07 Å². The second-order valence-electron chi connectivity index (χ2n) is 2.24. The highest BCUT2D eigenvalue weighted by atomic mass is 35.5. The normalized spacial score (nSPS) is 10.2. The summed E-state index contributed by atoms with van der Waals surface area (Å²) in [5.74, 6) is 0.207. The Morgan fingerprint density at radius 3 is 3.08 bits per heavy atom. The molecule has 0 unspecified atom stereocenters. The maximum atomic E-state index is 8.26. The van der Waals surface area contributed by atoms with Gasteiger partial charge in [-0.25, -0.2) is 9.97 Å². The Morgan fingerprint density at radius 2 is 2.46 bits per heavy atom. The second-order valence-corrected chi connectivity index (χ2v) is 2.59. The predicted octanol–water partition coefficient (Wildman–Crippen LogP) is 1.64. The lowest BCUT2D eigenvalue weighted by atomic mass is 10.3. The van der Waals surface area contributed by atoms with Crippen molar-refractivity contribution in [3.05, 3.63) is 23.1 Å². The number of hydrogen-bond donors (Lipinski definition) is 1. The molecule has 0 bridgehead atoms. The summed E-state index contributed by atoms with van der Waals surface area (Å²) in [6, 6.07) is 1.97. The highest BCUT2D eigenvalue weighted by Gasteiger charge is 1.97. The van der Waals surface area contributed by atoms with E-state index in [9.17, 15) is 0 Å². The van der Waals surface area contributed by atoms with Crippen LogP contribution in [0.1, 0.15) is 12.1 Å². The summed E-state index contributed by atoms with van der Waals surface area (Å²) >= 11 is 5.63. The van der Waals surface area contributed by atoms with Crippen LogP contribution in [0.5, 0.6) is 0 Å². The van der Waals surface area contributed by atoms with Crippen molar-refractivity contribution in [2.75, 3.05) is 5.73 Å². The Bertz CT molecular complexity index is 367. The molecule has 0 radical (unpaired) electrons. The molecular formula is C8H7ClN4. The Morgan fingerprint density at radius 1 is 1.69 bits per heavy atom. The van der Waals surface area contributed by atoms with Crippen molar-refractivity contribution < 1.29 is 0 Å². The van der Waals surface area contributed by atoms with Crippen LogP contribution in [0, 0.1) is 11.3 Å². The van der Waals surface area contributed by atoms with Crippen molar-refractivity contribution >= 4 is 23.5 Å². The minimum atomic E-state index is 0.180. The molecule has 4 nitrogen and oxygen atoms in total. The van der Waals surface area contributed by atoms with Gasteiger partial charge in [-0.2, -0.15) is 5.26 Å². The zero-order chi connectivity index (χ0) is 9.68. The number of allylic oxidation sites excluding steroid dienone is 1. The fourth-order valence-corrected chi connectivity index (χ4v) is 0.847. The van der Waals surface area contributed by atoms with Gasteiger partial charge in [-0.05, 0) is 6.08 Å². The molecule has 0 amide bonds. The Labute approximate surface area is 80.7 Å². The van der Waals surface area contributed by atoms with Crippen molar-refractivity contribution in [3.8, 4) is 6.07 Å². The molecule has 0 aliphatic rings. The Hall–Kier alpha value is -1.60. The minimum Gasteiger partial charge on any atom is -0.381 e. The second kappa shape index (κ2) is 4.43. The van der Waals surface area contributed by atoms with E-state index in [1.54, 1.807) is 12.2 Å². The number of nitriles is 1. The average Bonchev–Trinajstić information content (AvgIpc) is 2.12. The number of halogens is 1. The van der Waals surface area contributed by atoms with Gasteiger partial charge in [0, 0.05) is 0 Å². The summed E-state index contributed by atoms with van der Waals surface area (Å²) in [7, 11) is 0. The van der Waals surface area contributed by atoms with Crippen LogP contribution in [-0.2, 0) is 0 Å². The molecule has 0 saturated carbocycles. The van der Waals surface area contributed by atoms with Gasteiger partial charge < -0.3 is 5.73 Å². The van der Waals surface area contributed by atoms with E-state index in [0.717, 1.165) is 0 Å². The summed E-state index contributed by atoms with van der Waals surface area (Å²) in [6.07, 6.45) is 5.18. The number of nitrogens with two attached hydrogens (primary N) is 1. The molecule has 1 rings (SSSR count). The molecule has 0 aliphatic heterocycles. The zero-order valence-electron chi connectivity index (χ0n) is 6.74. The quantitative estimate of drug-likeness (QED) is 0.777. The van der Waals surface area contributed by atoms with E-state index in [0.29, 0.717) is 12.1 Å². The molecule has 0 saturated heterocycles. The lowest BCUT2D eigenvalue weighted by molar-refractivity contribution is 1.19. The molecule has 2 N–H and O–H groups in total. The van der Waals surface area contributed by atoms with Crippen LogP contribution in [0.3, 0.4) is 0 Å². The smallest absolute Gasteiger partial charge is 0.171 e. The van der Waals surface area contributed by atoms with Crippen LogP contribution in [-0.4, -0.2) is 9.97 Å². The number of rotatable bonds is 2. The van der Waals surface area contributed by atoms with Gasteiger partial charge in [0.25, 0.3) is 0 Å². The monoisotopic (exact) mass is 194 g/mol. The first kappa shape index (κ1) is 9.49. The van der Waals surface area contributed by atoms with Gasteiger partial charge >= 0.3 is 0 Å². The van der Waals surface area contributed by atoms with Crippen molar-refractivity contribution in [2.45, 2.75) is 6.42 Å². The summed E-state index contributed by atoms with van der Waals surface area (Å²) in [5, 5.41) is 8.44. The van der Waals surface area contributed by atoms with Crippen molar-refractivity contribution in [1.29, 1.82) is 5.26 Å². The molecule has 5 heteroatoms. The van der Waals surface area contributed by atoms with E-state index >= 15 is 0 Å². The predicted molar refractivity (Wildman–Crippen MR) is 50.7 cm³/mol. The lowest BCUT2D eigenvalue weighted by Gasteiger charge is -1.96. The highest BCUT2D eigenvalue weighted by Crippen LogP contribution is 2.12. The van der Waals surface area contributed by atoms with E-state index in [-0.39, 0.29) is 11.0 Å². The van der Waals surface area contributed by atoms with Crippen LogP contribution < -0.4 is 5.73 Å². The molecule has 0 spiro atoms. The van der Waals surface area contributed by atoms with Gasteiger partial charge in [0.05, 0.1) is 24.4 Å². The van der Waals surface area contributed by atoms with E-state index < -0.39 is 0 Å². The van der Waals surface area contributed by atoms with E-state index in [2.05, 4.69) is 9.97 Å². The summed E-state index contributed by atoms with van der Waals surface area (Å²) < 4.78 is 0. The molecule has 13 heavy (non-hydrogen) atoms.